The predicted octanol–water partition coefficient (Wildman–Crippen LogP) is 20.9. The zero-order valence-corrected chi connectivity index (χ0v) is 47.9. The first-order valence-electron chi connectivity index (χ1n) is 30.7. The summed E-state index contributed by atoms with van der Waals surface area (Å²) in [6, 6.07) is 0. The lowest BCUT2D eigenvalue weighted by Crippen LogP contribution is -2.30. The van der Waals surface area contributed by atoms with E-state index in [0.29, 0.717) is 19.3 Å². The molecule has 0 N–H and O–H groups in total. The lowest BCUT2D eigenvalue weighted by atomic mass is 10.0. The van der Waals surface area contributed by atoms with Crippen molar-refractivity contribution in [1.29, 1.82) is 0 Å². The largest absolute Gasteiger partial charge is 0.462 e. The van der Waals surface area contributed by atoms with Gasteiger partial charge in [-0.05, 0) is 83.5 Å². The average molecular weight is 1020 g/mol. The molecule has 0 spiro atoms. The maximum absolute atomic E-state index is 12.8. The first-order valence-corrected chi connectivity index (χ1v) is 30.7. The van der Waals surface area contributed by atoms with E-state index in [9.17, 15) is 14.4 Å². The molecule has 0 bridgehead atoms. The number of esters is 3. The summed E-state index contributed by atoms with van der Waals surface area (Å²) in [4.78, 5) is 38.0. The van der Waals surface area contributed by atoms with Crippen molar-refractivity contribution in [2.24, 2.45) is 0 Å². The fraction of sp³-hybridized carbons (Fsp3) is 0.716. The van der Waals surface area contributed by atoms with E-state index in [1.165, 1.54) is 135 Å². The van der Waals surface area contributed by atoms with E-state index in [1.807, 2.05) is 0 Å². The molecule has 0 saturated heterocycles. The van der Waals surface area contributed by atoms with Crippen LogP contribution in [0.1, 0.15) is 290 Å². The molecular weight excluding hydrogens is 901 g/mol. The number of allylic oxidation sites excluding steroid dienone is 16. The number of hydrogen-bond donors (Lipinski definition) is 0. The number of unbranched alkanes of at least 4 members (excludes halogenated alkanes) is 28. The Balaban J connectivity index is 4.12. The molecule has 73 heavy (non-hydrogen) atoms. The Hall–Kier alpha value is -3.67. The molecule has 6 heteroatoms. The Morgan fingerprint density at radius 3 is 0.836 bits per heavy atom. The van der Waals surface area contributed by atoms with Crippen molar-refractivity contribution in [3.8, 4) is 0 Å². The molecule has 0 aromatic heterocycles. The van der Waals surface area contributed by atoms with Crippen LogP contribution in [0.5, 0.6) is 0 Å². The Bertz CT molecular complexity index is 1440. The van der Waals surface area contributed by atoms with Crippen molar-refractivity contribution < 1.29 is 28.6 Å². The van der Waals surface area contributed by atoms with Gasteiger partial charge in [-0.25, -0.2) is 0 Å². The van der Waals surface area contributed by atoms with Crippen LogP contribution in [0.4, 0.5) is 0 Å². The van der Waals surface area contributed by atoms with E-state index in [4.69, 9.17) is 14.2 Å². The minimum absolute atomic E-state index is 0.0762. The monoisotopic (exact) mass is 1010 g/mol. The molecule has 6 nitrogen and oxygen atoms in total. The summed E-state index contributed by atoms with van der Waals surface area (Å²) in [6.07, 6.45) is 81.5. The molecule has 0 fully saturated rings. The van der Waals surface area contributed by atoms with Crippen molar-refractivity contribution >= 4 is 17.9 Å². The third kappa shape index (κ3) is 59.1. The number of carbonyl (C=O) groups is 3. The molecule has 418 valence electrons. The van der Waals surface area contributed by atoms with Crippen LogP contribution in [-0.2, 0) is 28.6 Å². The van der Waals surface area contributed by atoms with Crippen molar-refractivity contribution in [2.75, 3.05) is 13.2 Å². The smallest absolute Gasteiger partial charge is 0.306 e. The summed E-state index contributed by atoms with van der Waals surface area (Å²) in [7, 11) is 0. The van der Waals surface area contributed by atoms with Crippen LogP contribution in [0.3, 0.4) is 0 Å². The maximum Gasteiger partial charge on any atom is 0.306 e. The van der Waals surface area contributed by atoms with E-state index in [1.54, 1.807) is 0 Å². The summed E-state index contributed by atoms with van der Waals surface area (Å²) in [5.74, 6) is -0.884. The van der Waals surface area contributed by atoms with Gasteiger partial charge in [-0.1, -0.05) is 285 Å². The number of hydrogen-bond acceptors (Lipinski definition) is 6. The quantitative estimate of drug-likeness (QED) is 0.0261. The highest BCUT2D eigenvalue weighted by Gasteiger charge is 2.19. The first kappa shape index (κ1) is 69.3. The fourth-order valence-electron chi connectivity index (χ4n) is 8.52. The molecular formula is C67H114O6. The third-order valence-corrected chi connectivity index (χ3v) is 13.1. The molecule has 0 rings (SSSR count). The zero-order chi connectivity index (χ0) is 52.9. The number of rotatable bonds is 55. The van der Waals surface area contributed by atoms with Crippen LogP contribution in [0, 0.1) is 0 Å². The van der Waals surface area contributed by atoms with Gasteiger partial charge in [0.1, 0.15) is 13.2 Å². The van der Waals surface area contributed by atoms with Gasteiger partial charge in [0, 0.05) is 19.3 Å². The molecule has 1 atom stereocenters. The summed E-state index contributed by atoms with van der Waals surface area (Å²) in [6.45, 7) is 6.49. The van der Waals surface area contributed by atoms with E-state index >= 15 is 0 Å². The molecule has 0 amide bonds. The maximum atomic E-state index is 12.8. The Kier molecular flexibility index (Phi) is 57.8. The van der Waals surface area contributed by atoms with Gasteiger partial charge < -0.3 is 14.2 Å². The third-order valence-electron chi connectivity index (χ3n) is 13.1. The summed E-state index contributed by atoms with van der Waals surface area (Å²) < 4.78 is 16.8. The average Bonchev–Trinajstić information content (AvgIpc) is 3.39. The molecule has 0 heterocycles. The molecule has 0 aliphatic heterocycles. The van der Waals surface area contributed by atoms with Crippen LogP contribution < -0.4 is 0 Å². The van der Waals surface area contributed by atoms with E-state index in [0.717, 1.165) is 116 Å². The van der Waals surface area contributed by atoms with E-state index < -0.39 is 6.10 Å². The Morgan fingerprint density at radius 2 is 0.534 bits per heavy atom. The van der Waals surface area contributed by atoms with E-state index in [-0.39, 0.29) is 31.1 Å². The highest BCUT2D eigenvalue weighted by atomic mass is 16.6. The SMILES string of the molecule is CC/C=C\C/C=C\C/C=C\C/C=C\C/C=C\C/C=C\C/C=C\C/C=C\CCCCCCCCCCC(=O)OCC(COC(=O)CCCCCCCCC)OC(=O)CCCCCCCCCCCCCCCCC. The molecule has 0 aromatic carbocycles. The van der Waals surface area contributed by atoms with Crippen molar-refractivity contribution in [1.82, 2.24) is 0 Å². The van der Waals surface area contributed by atoms with Gasteiger partial charge in [-0.2, -0.15) is 0 Å². The van der Waals surface area contributed by atoms with Crippen molar-refractivity contribution in [3.63, 3.8) is 0 Å². The number of ether oxygens (including phenoxy) is 3. The predicted molar refractivity (Wildman–Crippen MR) is 316 cm³/mol. The van der Waals surface area contributed by atoms with Gasteiger partial charge in [-0.15, -0.1) is 0 Å². The van der Waals surface area contributed by atoms with Gasteiger partial charge in [0.15, 0.2) is 6.10 Å². The van der Waals surface area contributed by atoms with Gasteiger partial charge in [0.05, 0.1) is 0 Å². The summed E-state index contributed by atoms with van der Waals surface area (Å²) in [5, 5.41) is 0. The summed E-state index contributed by atoms with van der Waals surface area (Å²) >= 11 is 0. The van der Waals surface area contributed by atoms with Crippen molar-refractivity contribution in [3.05, 3.63) is 97.2 Å². The minimum atomic E-state index is -0.775. The molecule has 1 unspecified atom stereocenters. The molecule has 0 aromatic rings. The second-order valence-electron chi connectivity index (χ2n) is 20.2. The lowest BCUT2D eigenvalue weighted by molar-refractivity contribution is -0.167. The lowest BCUT2D eigenvalue weighted by Gasteiger charge is -2.18. The van der Waals surface area contributed by atoms with Gasteiger partial charge in [0.2, 0.25) is 0 Å². The van der Waals surface area contributed by atoms with Gasteiger partial charge >= 0.3 is 17.9 Å². The second-order valence-corrected chi connectivity index (χ2v) is 20.2. The van der Waals surface area contributed by atoms with Gasteiger partial charge in [0.25, 0.3) is 0 Å². The number of carbonyl (C=O) groups excluding carboxylic acids is 3. The highest BCUT2D eigenvalue weighted by Crippen LogP contribution is 2.16. The highest BCUT2D eigenvalue weighted by molar-refractivity contribution is 5.71. The van der Waals surface area contributed by atoms with Crippen LogP contribution in [0.2, 0.25) is 0 Å². The normalized spacial score (nSPS) is 12.8. The molecule has 0 saturated carbocycles. The molecule has 0 aliphatic rings. The second kappa shape index (κ2) is 60.9. The standard InChI is InChI=1S/C67H114O6/c1-4-7-10-13-16-18-20-22-24-25-26-27-28-29-30-31-32-33-34-35-36-37-38-39-40-41-43-44-46-48-51-54-57-60-66(69)72-63-64(62-71-65(68)59-56-53-50-15-12-9-6-3)73-67(70)61-58-55-52-49-47-45-42-23-21-19-17-14-11-8-5-2/h7,10,16,18,22,24,26-27,29-30,32-33,35-36,38-39,64H,4-6,8-9,11-15,17,19-21,23,25,28,31,34,37,40-63H2,1-3H3/b10-7-,18-16-,24-22-,27-26-,30-29-,33-32-,36-35-,39-38-. The van der Waals surface area contributed by atoms with Gasteiger partial charge in [-0.3, -0.25) is 14.4 Å². The fourth-order valence-corrected chi connectivity index (χ4v) is 8.52. The van der Waals surface area contributed by atoms with Crippen LogP contribution >= 0.6 is 0 Å². The summed E-state index contributed by atoms with van der Waals surface area (Å²) in [5.41, 5.74) is 0. The topological polar surface area (TPSA) is 78.9 Å². The Morgan fingerprint density at radius 1 is 0.288 bits per heavy atom. The van der Waals surface area contributed by atoms with Crippen molar-refractivity contribution in [2.45, 2.75) is 297 Å². The molecule has 0 aliphatic carbocycles. The van der Waals surface area contributed by atoms with Crippen LogP contribution in [0.25, 0.3) is 0 Å². The Labute approximate surface area is 451 Å². The van der Waals surface area contributed by atoms with Crippen LogP contribution in [-0.4, -0.2) is 37.2 Å². The van der Waals surface area contributed by atoms with E-state index in [2.05, 4.69) is 118 Å². The minimum Gasteiger partial charge on any atom is -0.462 e. The molecule has 0 radical (unpaired) electrons. The zero-order valence-electron chi connectivity index (χ0n) is 47.9. The van der Waals surface area contributed by atoms with Crippen LogP contribution in [0.15, 0.2) is 97.2 Å². The first-order chi connectivity index (χ1) is 36.0.